The predicted octanol–water partition coefficient (Wildman–Crippen LogP) is 6.78. The minimum atomic E-state index is -0.837. The summed E-state index contributed by atoms with van der Waals surface area (Å²) in [6, 6.07) is 19.0. The number of carboxylic acids is 1. The Morgan fingerprint density at radius 2 is 1.89 bits per heavy atom. The maximum Gasteiger partial charge on any atom is 0.320 e. The molecule has 7 rings (SSSR count). The van der Waals surface area contributed by atoms with Crippen LogP contribution in [-0.4, -0.2) is 82.0 Å². The fraction of sp³-hybridized carbons (Fsp3) is 0.405. The van der Waals surface area contributed by atoms with Gasteiger partial charge in [0.25, 0.3) is 0 Å². The molecular weight excluding hydrogens is 708 g/mol. The van der Waals surface area contributed by atoms with E-state index in [1.54, 1.807) is 24.4 Å². The minimum absolute atomic E-state index is 0.0610. The molecule has 54 heavy (non-hydrogen) atoms. The van der Waals surface area contributed by atoms with Crippen LogP contribution in [0.1, 0.15) is 59.9 Å². The molecule has 11 nitrogen and oxygen atoms in total. The number of aliphatic hydroxyl groups excluding tert-OH is 1. The van der Waals surface area contributed by atoms with Gasteiger partial charge in [-0.05, 0) is 79.3 Å². The van der Waals surface area contributed by atoms with Crippen LogP contribution in [0.3, 0.4) is 0 Å². The first-order valence-corrected chi connectivity index (χ1v) is 18.9. The molecule has 2 fully saturated rings. The van der Waals surface area contributed by atoms with Crippen molar-refractivity contribution in [3.8, 4) is 40.2 Å². The first-order chi connectivity index (χ1) is 26.2. The summed E-state index contributed by atoms with van der Waals surface area (Å²) in [5.41, 5.74) is 5.99. The number of aliphatic carboxylic acids is 1. The smallest absolute Gasteiger partial charge is 0.320 e. The van der Waals surface area contributed by atoms with Gasteiger partial charge in [0, 0.05) is 62.2 Å². The quantitative estimate of drug-likeness (QED) is 0.150. The van der Waals surface area contributed by atoms with Gasteiger partial charge in [0.2, 0.25) is 0 Å². The lowest BCUT2D eigenvalue weighted by Crippen LogP contribution is -2.44. The van der Waals surface area contributed by atoms with Crippen molar-refractivity contribution in [2.24, 2.45) is 0 Å². The highest BCUT2D eigenvalue weighted by atomic mass is 35.5. The van der Waals surface area contributed by atoms with Crippen LogP contribution in [0, 0.1) is 18.3 Å². The highest BCUT2D eigenvalue weighted by molar-refractivity contribution is 6.32. The molecule has 2 unspecified atom stereocenters. The van der Waals surface area contributed by atoms with Gasteiger partial charge in [0.05, 0.1) is 16.7 Å². The average molecular weight is 753 g/mol. The second-order valence-electron chi connectivity index (χ2n) is 14.3. The zero-order valence-corrected chi connectivity index (χ0v) is 31.1. The third-order valence-corrected chi connectivity index (χ3v) is 10.8. The number of pyridine rings is 1. The molecule has 2 N–H and O–H groups in total. The maximum absolute atomic E-state index is 12.1. The van der Waals surface area contributed by atoms with Crippen LogP contribution >= 0.6 is 11.6 Å². The molecule has 3 aromatic carbocycles. The van der Waals surface area contributed by atoms with Crippen LogP contribution in [0.15, 0.2) is 67.0 Å². The van der Waals surface area contributed by atoms with Crippen molar-refractivity contribution in [1.82, 2.24) is 14.8 Å². The van der Waals surface area contributed by atoms with E-state index in [2.05, 4.69) is 28.9 Å². The molecule has 4 heterocycles. The Bertz CT molecular complexity index is 2020. The number of fused-ring (bicyclic) bond motifs is 1. The molecule has 2 saturated heterocycles. The molecule has 0 amide bonds. The van der Waals surface area contributed by atoms with E-state index in [0.717, 1.165) is 83.7 Å². The monoisotopic (exact) mass is 752 g/mol. The largest absolute Gasteiger partial charge is 0.488 e. The van der Waals surface area contributed by atoms with Gasteiger partial charge in [-0.25, -0.2) is 0 Å². The van der Waals surface area contributed by atoms with Gasteiger partial charge in [-0.15, -0.1) is 0 Å². The fourth-order valence-electron chi connectivity index (χ4n) is 7.49. The summed E-state index contributed by atoms with van der Waals surface area (Å²) in [4.78, 5) is 20.4. The van der Waals surface area contributed by atoms with Gasteiger partial charge in [-0.1, -0.05) is 42.3 Å². The number of nitrogens with zero attached hydrogens (tertiary/aromatic N) is 4. The molecule has 3 aliphatic rings. The van der Waals surface area contributed by atoms with Crippen molar-refractivity contribution < 1.29 is 34.0 Å². The lowest BCUT2D eigenvalue weighted by atomic mass is 9.96. The van der Waals surface area contributed by atoms with Crippen molar-refractivity contribution in [1.29, 1.82) is 5.26 Å². The minimum Gasteiger partial charge on any atom is -0.488 e. The normalized spacial score (nSPS) is 20.0. The summed E-state index contributed by atoms with van der Waals surface area (Å²) in [6.07, 6.45) is 6.86. The summed E-state index contributed by atoms with van der Waals surface area (Å²) in [7, 11) is 0. The Hall–Kier alpha value is -4.86. The molecule has 3 aliphatic heterocycles. The number of β-amino-alcohol motifs (C(OH)–C–C–N with tert-alkyl or cyclic N) is 1. The molecule has 0 bridgehead atoms. The number of hydrogen-bond donors (Lipinski definition) is 2. The molecule has 4 aromatic rings. The van der Waals surface area contributed by atoms with Crippen LogP contribution in [0.5, 0.6) is 23.0 Å². The lowest BCUT2D eigenvalue weighted by molar-refractivity contribution is -0.144. The molecule has 0 aliphatic carbocycles. The summed E-state index contributed by atoms with van der Waals surface area (Å²) in [6.45, 7) is 6.45. The molecule has 0 spiro atoms. The molecule has 12 heteroatoms. The van der Waals surface area contributed by atoms with Crippen molar-refractivity contribution in [3.63, 3.8) is 0 Å². The first-order valence-electron chi connectivity index (χ1n) is 18.6. The van der Waals surface area contributed by atoms with E-state index in [-0.39, 0.29) is 25.4 Å². The number of piperidine rings is 1. The standard InChI is InChI=1S/C42H45ClN4O7/c1-27-31(5-4-6-35(27)30-8-9-38-41(17-30)54-34(26-53-38)11-14-46-13-10-33(48)23-46)25-52-40-18-39(51-24-29-15-28(19-44)20-45-21-29)32(16-36(40)43)22-47-12-3-2-7-37(47)42(49)50/h4-6,8-9,15-18,20-21,33-34,37,48H,2-3,7,10-14,22-26H2,1H3,(H,49,50)/t33-,34?,37?/m1/s1. The maximum atomic E-state index is 12.1. The third kappa shape index (κ3) is 8.91. The molecule has 0 saturated carbocycles. The highest BCUT2D eigenvalue weighted by Gasteiger charge is 2.30. The first kappa shape index (κ1) is 37.5. The number of benzene rings is 3. The Kier molecular flexibility index (Phi) is 11.8. The van der Waals surface area contributed by atoms with Gasteiger partial charge >= 0.3 is 5.97 Å². The number of ether oxygens (including phenoxy) is 4. The van der Waals surface area contributed by atoms with E-state index < -0.39 is 12.0 Å². The fourth-order valence-corrected chi connectivity index (χ4v) is 7.73. The third-order valence-electron chi connectivity index (χ3n) is 10.5. The van der Waals surface area contributed by atoms with Crippen LogP contribution in [0.25, 0.3) is 11.1 Å². The second kappa shape index (κ2) is 17.1. The molecule has 3 atom stereocenters. The number of halogens is 1. The second-order valence-corrected chi connectivity index (χ2v) is 14.7. The van der Waals surface area contributed by atoms with E-state index in [4.69, 9.17) is 30.5 Å². The lowest BCUT2D eigenvalue weighted by Gasteiger charge is -2.33. The van der Waals surface area contributed by atoms with Gasteiger partial charge in [0.15, 0.2) is 11.5 Å². The van der Waals surface area contributed by atoms with Gasteiger partial charge in [-0.2, -0.15) is 5.26 Å². The number of carbonyl (C=O) groups is 1. The summed E-state index contributed by atoms with van der Waals surface area (Å²) < 4.78 is 25.1. The molecular formula is C42H45ClN4O7. The number of carboxylic acid groups (broad SMARTS) is 1. The SMILES string of the molecule is Cc1c(COc2cc(OCc3cncc(C#N)c3)c(CN3CCCCC3C(=O)O)cc2Cl)cccc1-c1ccc2c(c1)OC(CCN1CC[C@@H](O)C1)CO2. The number of aromatic nitrogens is 1. The molecule has 282 valence electrons. The Balaban J connectivity index is 1.07. The average Bonchev–Trinajstić information content (AvgIpc) is 3.61. The van der Waals surface area contributed by atoms with Crippen LogP contribution < -0.4 is 18.9 Å². The number of nitriles is 1. The van der Waals surface area contributed by atoms with E-state index >= 15 is 0 Å². The number of rotatable bonds is 13. The van der Waals surface area contributed by atoms with E-state index in [1.807, 2.05) is 35.2 Å². The van der Waals surface area contributed by atoms with E-state index in [9.17, 15) is 20.3 Å². The van der Waals surface area contributed by atoms with Gasteiger partial charge < -0.3 is 34.1 Å². The van der Waals surface area contributed by atoms with Crippen molar-refractivity contribution in [3.05, 3.63) is 99.8 Å². The van der Waals surface area contributed by atoms with Crippen LogP contribution in [-0.2, 0) is 24.6 Å². The molecule has 1 aromatic heterocycles. The number of likely N-dealkylation sites (tertiary alicyclic amines) is 2. The van der Waals surface area contributed by atoms with E-state index in [0.29, 0.717) is 54.7 Å². The van der Waals surface area contributed by atoms with Crippen LogP contribution in [0.2, 0.25) is 5.02 Å². The molecule has 0 radical (unpaired) electrons. The zero-order chi connectivity index (χ0) is 37.6. The predicted molar refractivity (Wildman–Crippen MR) is 203 cm³/mol. The highest BCUT2D eigenvalue weighted by Crippen LogP contribution is 2.39. The number of hydrogen-bond acceptors (Lipinski definition) is 10. The number of aliphatic hydroxyl groups is 1. The topological polar surface area (TPSA) is 138 Å². The van der Waals surface area contributed by atoms with Gasteiger partial charge in [0.1, 0.15) is 49.5 Å². The van der Waals surface area contributed by atoms with Crippen molar-refractivity contribution in [2.45, 2.75) is 77.0 Å². The van der Waals surface area contributed by atoms with Crippen LogP contribution in [0.4, 0.5) is 0 Å². The summed E-state index contributed by atoms with van der Waals surface area (Å²) in [5, 5.41) is 29.5. The Morgan fingerprint density at radius 1 is 1.02 bits per heavy atom. The van der Waals surface area contributed by atoms with Crippen molar-refractivity contribution in [2.75, 3.05) is 32.8 Å². The summed E-state index contributed by atoms with van der Waals surface area (Å²) >= 11 is 6.85. The van der Waals surface area contributed by atoms with E-state index in [1.165, 1.54) is 6.20 Å². The Labute approximate surface area is 320 Å². The zero-order valence-electron chi connectivity index (χ0n) is 30.4. The van der Waals surface area contributed by atoms with Gasteiger partial charge in [-0.3, -0.25) is 14.7 Å². The summed E-state index contributed by atoms with van der Waals surface area (Å²) in [5.74, 6) is 1.57. The van der Waals surface area contributed by atoms with Crippen molar-refractivity contribution >= 4 is 17.6 Å². The Morgan fingerprint density at radius 3 is 2.70 bits per heavy atom.